The summed E-state index contributed by atoms with van der Waals surface area (Å²) in [5.74, 6) is -0.934. The van der Waals surface area contributed by atoms with E-state index in [0.717, 1.165) is 4.88 Å². The Balaban J connectivity index is 2.11. The molecule has 1 amide bonds. The highest BCUT2D eigenvalue weighted by atomic mass is 32.1. The maximum Gasteiger partial charge on any atom is 0.410 e. The van der Waals surface area contributed by atoms with Crippen molar-refractivity contribution in [1.29, 1.82) is 0 Å². The third-order valence-electron chi connectivity index (χ3n) is 4.45. The van der Waals surface area contributed by atoms with Gasteiger partial charge in [-0.05, 0) is 43.5 Å². The summed E-state index contributed by atoms with van der Waals surface area (Å²) in [7, 11) is 2.82. The van der Waals surface area contributed by atoms with Gasteiger partial charge in [-0.3, -0.25) is 10.1 Å². The predicted molar refractivity (Wildman–Crippen MR) is 118 cm³/mol. The number of hydrogen-bond donors (Lipinski definition) is 2. The Labute approximate surface area is 183 Å². The van der Waals surface area contributed by atoms with Gasteiger partial charge in [-0.15, -0.1) is 0 Å². The van der Waals surface area contributed by atoms with Crippen molar-refractivity contribution < 1.29 is 28.6 Å². The Kier molecular flexibility index (Phi) is 8.63. The molecule has 0 aliphatic rings. The van der Waals surface area contributed by atoms with Gasteiger partial charge in [-0.2, -0.15) is 0 Å². The van der Waals surface area contributed by atoms with Gasteiger partial charge in [-0.1, -0.05) is 24.3 Å². The molecule has 0 spiro atoms. The van der Waals surface area contributed by atoms with Gasteiger partial charge < -0.3 is 19.0 Å². The van der Waals surface area contributed by atoms with Crippen LogP contribution in [-0.4, -0.2) is 31.2 Å². The molecule has 1 unspecified atom stereocenters. The molecule has 9 heteroatoms. The lowest BCUT2D eigenvalue weighted by Crippen LogP contribution is -2.16. The first-order valence-corrected chi connectivity index (χ1v) is 10.3. The van der Waals surface area contributed by atoms with E-state index in [2.05, 4.69) is 10.1 Å². The van der Waals surface area contributed by atoms with Crippen LogP contribution in [0.15, 0.2) is 45.3 Å². The van der Waals surface area contributed by atoms with Crippen molar-refractivity contribution in [3.63, 3.8) is 0 Å². The fourth-order valence-electron chi connectivity index (χ4n) is 2.71. The molecule has 0 saturated carbocycles. The van der Waals surface area contributed by atoms with Gasteiger partial charge in [0.1, 0.15) is 17.1 Å². The molecule has 31 heavy (non-hydrogen) atoms. The minimum Gasteiger partial charge on any atom is -0.507 e. The van der Waals surface area contributed by atoms with Crippen molar-refractivity contribution in [2.24, 2.45) is 0 Å². The lowest BCUT2D eigenvalue weighted by Gasteiger charge is -2.11. The van der Waals surface area contributed by atoms with Crippen LogP contribution in [0.25, 0.3) is 6.08 Å². The van der Waals surface area contributed by atoms with E-state index >= 15 is 0 Å². The smallest absolute Gasteiger partial charge is 0.410 e. The minimum absolute atomic E-state index is 0.194. The van der Waals surface area contributed by atoms with E-state index in [0.29, 0.717) is 17.9 Å². The average Bonchev–Trinajstić information content (AvgIpc) is 3.19. The number of carbonyl (C=O) groups excluding carboxylic acids is 2. The second-order valence-electron chi connectivity index (χ2n) is 6.73. The molecule has 0 bridgehead atoms. The fourth-order valence-corrected chi connectivity index (χ4v) is 3.53. The summed E-state index contributed by atoms with van der Waals surface area (Å²) in [5.41, 5.74) is -0.988. The molecule has 0 aliphatic carbocycles. The molecule has 166 valence electrons. The standard InChI is InChI=1S/C22H25NO7S/c1-13(7-5-6-10-23-22(27)29-4)17-12-16(24)19(21(26)30-17)20(25)14(2)11-15-8-9-18(28-3)31-15/h6,8-13,24H,5,7H2,1-4H3,(H,23,27)/b10-6+,14-11+. The Morgan fingerprint density at radius 1 is 1.32 bits per heavy atom. The second kappa shape index (κ2) is 11.2. The number of Topliss-reactive ketones (excluding diaryl/α,β-unsaturated/α-hetero) is 1. The van der Waals surface area contributed by atoms with Crippen LogP contribution < -0.4 is 15.7 Å². The third-order valence-corrected chi connectivity index (χ3v) is 5.45. The summed E-state index contributed by atoms with van der Waals surface area (Å²) in [5, 5.41) is 13.5. The highest BCUT2D eigenvalue weighted by Crippen LogP contribution is 2.28. The summed E-state index contributed by atoms with van der Waals surface area (Å²) < 4.78 is 14.9. The highest BCUT2D eigenvalue weighted by molar-refractivity contribution is 7.14. The van der Waals surface area contributed by atoms with E-state index in [9.17, 15) is 19.5 Å². The number of methoxy groups -OCH3 is 2. The van der Waals surface area contributed by atoms with Crippen molar-refractivity contribution in [3.8, 4) is 10.8 Å². The maximum absolute atomic E-state index is 12.7. The van der Waals surface area contributed by atoms with Crippen molar-refractivity contribution in [3.05, 3.63) is 62.7 Å². The zero-order valence-electron chi connectivity index (χ0n) is 17.8. The summed E-state index contributed by atoms with van der Waals surface area (Å²) in [6, 6.07) is 4.87. The summed E-state index contributed by atoms with van der Waals surface area (Å²) in [6.07, 6.45) is 5.43. The van der Waals surface area contributed by atoms with E-state index in [-0.39, 0.29) is 17.3 Å². The van der Waals surface area contributed by atoms with E-state index < -0.39 is 28.8 Å². The Morgan fingerprint density at radius 3 is 2.68 bits per heavy atom. The number of hydrogen-bond acceptors (Lipinski definition) is 8. The number of carbonyl (C=O) groups is 2. The molecule has 8 nitrogen and oxygen atoms in total. The SMILES string of the molecule is COC(=O)N/C=C/CCC(C)c1cc(O)c(C(=O)/C(C)=C/c2ccc(OC)s2)c(=O)o1. The number of aromatic hydroxyl groups is 1. The molecular weight excluding hydrogens is 422 g/mol. The largest absolute Gasteiger partial charge is 0.507 e. The number of allylic oxidation sites excluding steroid dienone is 2. The topological polar surface area (TPSA) is 115 Å². The predicted octanol–water partition coefficient (Wildman–Crippen LogP) is 4.46. The summed E-state index contributed by atoms with van der Waals surface area (Å²) in [6.45, 7) is 3.40. The van der Waals surface area contributed by atoms with Crippen LogP contribution in [0.5, 0.6) is 10.8 Å². The van der Waals surface area contributed by atoms with Gasteiger partial charge in [0, 0.05) is 23.1 Å². The van der Waals surface area contributed by atoms with Crippen molar-refractivity contribution in [1.82, 2.24) is 5.32 Å². The van der Waals surface area contributed by atoms with Crippen LogP contribution in [0.3, 0.4) is 0 Å². The van der Waals surface area contributed by atoms with Crippen LogP contribution in [0, 0.1) is 0 Å². The summed E-state index contributed by atoms with van der Waals surface area (Å²) in [4.78, 5) is 36.9. The van der Waals surface area contributed by atoms with E-state index in [1.165, 1.54) is 30.7 Å². The third kappa shape index (κ3) is 6.58. The molecule has 2 heterocycles. The molecule has 0 saturated heterocycles. The van der Waals surface area contributed by atoms with Crippen molar-refractivity contribution >= 4 is 29.3 Å². The van der Waals surface area contributed by atoms with Gasteiger partial charge >= 0.3 is 11.7 Å². The molecule has 2 aromatic rings. The fraction of sp³-hybridized carbons (Fsp3) is 0.318. The number of amides is 1. The van der Waals surface area contributed by atoms with Crippen LogP contribution >= 0.6 is 11.3 Å². The van der Waals surface area contributed by atoms with Crippen LogP contribution in [0.4, 0.5) is 4.79 Å². The van der Waals surface area contributed by atoms with Crippen molar-refractivity contribution in [2.75, 3.05) is 14.2 Å². The van der Waals surface area contributed by atoms with Gasteiger partial charge in [-0.25, -0.2) is 9.59 Å². The monoisotopic (exact) mass is 447 g/mol. The van der Waals surface area contributed by atoms with Gasteiger partial charge in [0.15, 0.2) is 10.8 Å². The molecule has 0 aromatic carbocycles. The molecule has 2 rings (SSSR count). The molecular formula is C22H25NO7S. The van der Waals surface area contributed by atoms with Crippen molar-refractivity contribution in [2.45, 2.75) is 32.6 Å². The Hall–Kier alpha value is -3.33. The van der Waals surface area contributed by atoms with Gasteiger partial charge in [0.2, 0.25) is 0 Å². The zero-order valence-corrected chi connectivity index (χ0v) is 18.6. The van der Waals surface area contributed by atoms with Crippen LogP contribution in [0.2, 0.25) is 0 Å². The minimum atomic E-state index is -0.883. The lowest BCUT2D eigenvalue weighted by molar-refractivity contribution is 0.102. The van der Waals surface area contributed by atoms with E-state index in [1.54, 1.807) is 38.3 Å². The zero-order chi connectivity index (χ0) is 23.0. The van der Waals surface area contributed by atoms with Crippen LogP contribution in [-0.2, 0) is 4.74 Å². The Morgan fingerprint density at radius 2 is 2.06 bits per heavy atom. The summed E-state index contributed by atoms with van der Waals surface area (Å²) >= 11 is 1.35. The molecule has 1 atom stereocenters. The number of nitrogens with one attached hydrogen (secondary N) is 1. The molecule has 0 radical (unpaired) electrons. The van der Waals surface area contributed by atoms with Gasteiger partial charge in [0.25, 0.3) is 0 Å². The van der Waals surface area contributed by atoms with E-state index in [4.69, 9.17) is 9.15 Å². The molecule has 2 aromatic heterocycles. The average molecular weight is 448 g/mol. The first-order chi connectivity index (χ1) is 14.8. The maximum atomic E-state index is 12.7. The Bertz CT molecular complexity index is 1050. The number of ether oxygens (including phenoxy) is 2. The number of alkyl carbamates (subject to hydrolysis) is 1. The number of ketones is 1. The quantitative estimate of drug-likeness (QED) is 0.431. The van der Waals surface area contributed by atoms with E-state index in [1.807, 2.05) is 6.92 Å². The molecule has 2 N–H and O–H groups in total. The normalized spacial score (nSPS) is 12.6. The lowest BCUT2D eigenvalue weighted by atomic mass is 10.00. The molecule has 0 aliphatic heterocycles. The first-order valence-electron chi connectivity index (χ1n) is 9.50. The number of thiophene rings is 1. The first kappa shape index (κ1) is 23.9. The molecule has 0 fully saturated rings. The number of rotatable bonds is 9. The van der Waals surface area contributed by atoms with Crippen LogP contribution in [0.1, 0.15) is 53.6 Å². The highest BCUT2D eigenvalue weighted by Gasteiger charge is 2.22. The second-order valence-corrected chi connectivity index (χ2v) is 7.81. The van der Waals surface area contributed by atoms with Gasteiger partial charge in [0.05, 0.1) is 14.2 Å².